The monoisotopic (exact) mass is 596 g/mol. The van der Waals surface area contributed by atoms with Gasteiger partial charge in [-0.1, -0.05) is 13.8 Å². The summed E-state index contributed by atoms with van der Waals surface area (Å²) in [5.74, 6) is -0.582. The molecule has 4 rings (SSSR count). The van der Waals surface area contributed by atoms with Crippen LogP contribution in [0.15, 0.2) is 47.6 Å². The highest BCUT2D eigenvalue weighted by atomic mass is 32.2. The number of anilines is 2. The second-order valence-corrected chi connectivity index (χ2v) is 12.6. The largest absolute Gasteiger partial charge is 0.501 e. The number of aromatic nitrogens is 1. The van der Waals surface area contributed by atoms with Crippen LogP contribution >= 0.6 is 0 Å². The summed E-state index contributed by atoms with van der Waals surface area (Å²) >= 11 is 0. The third kappa shape index (κ3) is 5.40. The van der Waals surface area contributed by atoms with E-state index >= 15 is 0 Å². The van der Waals surface area contributed by atoms with Crippen LogP contribution in [0, 0.1) is 0 Å². The van der Waals surface area contributed by atoms with E-state index in [1.54, 1.807) is 26.2 Å². The molecule has 41 heavy (non-hydrogen) atoms. The zero-order valence-corrected chi connectivity index (χ0v) is 24.5. The van der Waals surface area contributed by atoms with Crippen molar-refractivity contribution in [1.82, 2.24) is 19.7 Å². The molecule has 0 radical (unpaired) electrons. The molecule has 0 aliphatic carbocycles. The smallest absolute Gasteiger partial charge is 0.367 e. The number of pyridine rings is 1. The van der Waals surface area contributed by atoms with E-state index in [1.807, 2.05) is 19.9 Å². The van der Waals surface area contributed by atoms with Gasteiger partial charge in [-0.05, 0) is 64.3 Å². The van der Waals surface area contributed by atoms with Crippen LogP contribution in [0.25, 0.3) is 0 Å². The molecule has 0 saturated carbocycles. The van der Waals surface area contributed by atoms with E-state index in [2.05, 4.69) is 26.7 Å². The van der Waals surface area contributed by atoms with Crippen molar-refractivity contribution in [3.8, 4) is 0 Å². The van der Waals surface area contributed by atoms with E-state index in [4.69, 9.17) is 0 Å². The van der Waals surface area contributed by atoms with E-state index in [1.165, 1.54) is 4.90 Å². The second kappa shape index (κ2) is 11.2. The molecular weight excluding hydrogens is 561 g/mol. The molecule has 224 valence electrons. The van der Waals surface area contributed by atoms with Crippen LogP contribution in [0.1, 0.15) is 39.4 Å². The van der Waals surface area contributed by atoms with Gasteiger partial charge in [0.15, 0.2) is 0 Å². The summed E-state index contributed by atoms with van der Waals surface area (Å²) in [6.45, 7) is 11.5. The number of carbonyl (C=O) groups excluding carboxylic acids is 2. The Bertz CT molecular complexity index is 1390. The maximum Gasteiger partial charge on any atom is 0.501 e. The summed E-state index contributed by atoms with van der Waals surface area (Å²) in [5.41, 5.74) is -5.19. The minimum atomic E-state index is -5.58. The molecule has 1 aromatic heterocycles. The number of benzene rings is 1. The fourth-order valence-corrected chi connectivity index (χ4v) is 6.11. The summed E-state index contributed by atoms with van der Waals surface area (Å²) in [6, 6.07) is 4.79. The van der Waals surface area contributed by atoms with E-state index in [0.29, 0.717) is 13.1 Å². The molecule has 1 aromatic carbocycles. The van der Waals surface area contributed by atoms with Crippen molar-refractivity contribution in [2.75, 3.05) is 56.1 Å². The number of imide groups is 1. The lowest BCUT2D eigenvalue weighted by Crippen LogP contribution is -2.52. The maximum atomic E-state index is 14.1. The molecule has 2 aromatic rings. The Labute approximate surface area is 238 Å². The molecule has 10 nitrogen and oxygen atoms in total. The Balaban J connectivity index is 1.78. The van der Waals surface area contributed by atoms with Crippen LogP contribution in [-0.4, -0.2) is 97.4 Å². The lowest BCUT2D eigenvalue weighted by Gasteiger charge is -2.43. The first kappa shape index (κ1) is 30.7. The van der Waals surface area contributed by atoms with E-state index in [-0.39, 0.29) is 5.69 Å². The average Bonchev–Trinajstić information content (AvgIpc) is 3.10. The van der Waals surface area contributed by atoms with E-state index in [9.17, 15) is 31.2 Å². The van der Waals surface area contributed by atoms with Gasteiger partial charge in [-0.15, -0.1) is 0 Å². The number of alkyl halides is 3. The van der Waals surface area contributed by atoms with Crippen molar-refractivity contribution in [3.63, 3.8) is 0 Å². The zero-order chi connectivity index (χ0) is 30.3. The van der Waals surface area contributed by atoms with Crippen molar-refractivity contribution >= 4 is 33.2 Å². The number of sulfone groups is 1. The number of piperazine rings is 1. The number of hydrogen-bond donors (Lipinski definition) is 0. The van der Waals surface area contributed by atoms with Crippen molar-refractivity contribution in [1.29, 1.82) is 0 Å². The summed E-state index contributed by atoms with van der Waals surface area (Å²) < 4.78 is 62.8. The third-order valence-electron chi connectivity index (χ3n) is 7.79. The lowest BCUT2D eigenvalue weighted by molar-refractivity contribution is -0.125. The quantitative estimate of drug-likeness (QED) is 0.426. The average molecular weight is 597 g/mol. The summed E-state index contributed by atoms with van der Waals surface area (Å²) in [7, 11) is -3.53. The highest BCUT2D eigenvalue weighted by Gasteiger charge is 2.56. The molecule has 2 aliphatic rings. The van der Waals surface area contributed by atoms with Gasteiger partial charge in [-0.25, -0.2) is 18.1 Å². The Morgan fingerprint density at radius 1 is 1.00 bits per heavy atom. The highest BCUT2D eigenvalue weighted by Crippen LogP contribution is 2.43. The van der Waals surface area contributed by atoms with Crippen LogP contribution < -0.4 is 9.80 Å². The van der Waals surface area contributed by atoms with Crippen LogP contribution in [0.4, 0.5) is 29.3 Å². The molecule has 1 unspecified atom stereocenters. The van der Waals surface area contributed by atoms with Crippen LogP contribution in [0.5, 0.6) is 0 Å². The zero-order valence-electron chi connectivity index (χ0n) is 23.7. The maximum absolute atomic E-state index is 14.1. The number of nitrogens with zero attached hydrogens (tertiary/aromatic N) is 6. The topological polar surface area (TPSA) is 97.4 Å². The number of rotatable bonds is 8. The van der Waals surface area contributed by atoms with Gasteiger partial charge >= 0.3 is 11.5 Å². The predicted molar refractivity (Wildman–Crippen MR) is 148 cm³/mol. The molecule has 2 fully saturated rings. The number of halogens is 3. The van der Waals surface area contributed by atoms with Gasteiger partial charge < -0.3 is 9.80 Å². The Morgan fingerprint density at radius 3 is 2.12 bits per heavy atom. The van der Waals surface area contributed by atoms with Crippen molar-refractivity contribution in [2.24, 2.45) is 0 Å². The summed E-state index contributed by atoms with van der Waals surface area (Å²) in [6.07, 6.45) is 2.76. The van der Waals surface area contributed by atoms with Crippen molar-refractivity contribution in [3.05, 3.63) is 48.3 Å². The molecule has 2 saturated heterocycles. The fraction of sp³-hybridized carbons (Fsp3) is 0.519. The lowest BCUT2D eigenvalue weighted by atomic mass is 9.99. The van der Waals surface area contributed by atoms with Gasteiger partial charge in [-0.3, -0.25) is 19.6 Å². The number of likely N-dealkylation sites (N-methyl/N-ethyl adjacent to an activating group) is 1. The van der Waals surface area contributed by atoms with Crippen molar-refractivity contribution < 1.29 is 31.2 Å². The first-order valence-corrected chi connectivity index (χ1v) is 14.9. The molecule has 14 heteroatoms. The molecule has 0 bridgehead atoms. The minimum Gasteiger partial charge on any atom is -0.367 e. The normalized spacial score (nSPS) is 19.4. The fourth-order valence-electron chi connectivity index (χ4n) is 5.35. The first-order valence-electron chi connectivity index (χ1n) is 13.4. The summed E-state index contributed by atoms with van der Waals surface area (Å²) in [5, 5.41) is 0. The van der Waals surface area contributed by atoms with Crippen LogP contribution in [0.2, 0.25) is 0 Å². The number of hydrogen-bond acceptors (Lipinski definition) is 8. The van der Waals surface area contributed by atoms with Gasteiger partial charge in [-0.2, -0.15) is 13.2 Å². The van der Waals surface area contributed by atoms with Crippen molar-refractivity contribution in [2.45, 2.75) is 49.8 Å². The molecule has 3 amide bonds. The number of urea groups is 1. The van der Waals surface area contributed by atoms with E-state index in [0.717, 1.165) is 66.6 Å². The van der Waals surface area contributed by atoms with Gasteiger partial charge in [0.1, 0.15) is 11.7 Å². The van der Waals surface area contributed by atoms with Gasteiger partial charge in [0, 0.05) is 37.9 Å². The molecule has 0 spiro atoms. The molecular formula is C27H35F3N6O4S. The predicted octanol–water partition coefficient (Wildman–Crippen LogP) is 3.71. The second-order valence-electron chi connectivity index (χ2n) is 10.6. The Hall–Kier alpha value is -3.23. The van der Waals surface area contributed by atoms with Gasteiger partial charge in [0.05, 0.1) is 22.5 Å². The molecule has 2 aliphatic heterocycles. The Kier molecular flexibility index (Phi) is 8.40. The SMILES string of the molecule is CCN(CC)C(c1ccncc1N1CCN(C)CC1)N1C(=O)N(c2ccc(S(=O)(=O)C(F)(F)F)cc2)C(=O)C1(C)C. The summed E-state index contributed by atoms with van der Waals surface area (Å²) in [4.78, 5) is 40.2. The minimum absolute atomic E-state index is 0.0241. The first-order chi connectivity index (χ1) is 19.2. The van der Waals surface area contributed by atoms with E-state index < -0.39 is 43.9 Å². The third-order valence-corrected chi connectivity index (χ3v) is 9.30. The molecule has 1 atom stereocenters. The van der Waals surface area contributed by atoms with Gasteiger partial charge in [0.25, 0.3) is 15.7 Å². The number of amides is 3. The number of carbonyl (C=O) groups is 2. The standard InChI is InChI=1S/C27H35F3N6O4S/c1-6-33(7-2)23(21-12-13-31-18-22(21)34-16-14-32(5)15-17-34)36-25(38)35(24(37)26(36,3)4)19-8-10-20(11-9-19)41(39,40)27(28,29)30/h8-13,18,23H,6-7,14-17H2,1-5H3. The Morgan fingerprint density at radius 2 is 1.59 bits per heavy atom. The highest BCUT2D eigenvalue weighted by molar-refractivity contribution is 7.92. The van der Waals surface area contributed by atoms with Crippen LogP contribution in [0.3, 0.4) is 0 Å². The van der Waals surface area contributed by atoms with Gasteiger partial charge in [0.2, 0.25) is 0 Å². The van der Waals surface area contributed by atoms with Crippen LogP contribution in [-0.2, 0) is 14.6 Å². The molecule has 0 N–H and O–H groups in total. The molecule has 3 heterocycles.